The molecule has 8 heteroatoms. The molecule has 0 saturated heterocycles. The second-order valence-corrected chi connectivity index (χ2v) is 4.22. The van der Waals surface area contributed by atoms with Gasteiger partial charge in [0, 0.05) is 5.02 Å². The molecule has 0 saturated carbocycles. The first kappa shape index (κ1) is 13.0. The van der Waals surface area contributed by atoms with E-state index in [1.807, 2.05) is 0 Å². The Hall–Kier alpha value is -2.41. The molecule has 7 nitrogen and oxygen atoms in total. The summed E-state index contributed by atoms with van der Waals surface area (Å²) in [5.74, 6) is -1.53. The highest BCUT2D eigenvalue weighted by molar-refractivity contribution is 6.31. The third kappa shape index (κ3) is 2.41. The number of carboxylic acid groups (broad SMARTS) is 1. The summed E-state index contributed by atoms with van der Waals surface area (Å²) >= 11 is 5.74. The van der Waals surface area contributed by atoms with Crippen LogP contribution in [-0.4, -0.2) is 25.8 Å². The molecule has 0 unspecified atom stereocenters. The number of hydrogen-bond acceptors (Lipinski definition) is 4. The number of rotatable bonds is 3. The maximum Gasteiger partial charge on any atom is 0.390 e. The van der Waals surface area contributed by atoms with Gasteiger partial charge in [0.15, 0.2) is 0 Å². The van der Waals surface area contributed by atoms with Crippen molar-refractivity contribution >= 4 is 23.4 Å². The van der Waals surface area contributed by atoms with Gasteiger partial charge in [-0.05, 0) is 30.0 Å². The van der Waals surface area contributed by atoms with E-state index in [1.54, 1.807) is 6.92 Å². The Balaban J connectivity index is 2.65. The third-order valence-corrected chi connectivity index (χ3v) is 2.71. The van der Waals surface area contributed by atoms with Crippen LogP contribution in [0.3, 0.4) is 0 Å². The van der Waals surface area contributed by atoms with E-state index in [-0.39, 0.29) is 22.1 Å². The summed E-state index contributed by atoms with van der Waals surface area (Å²) in [7, 11) is 0. The van der Waals surface area contributed by atoms with E-state index in [1.165, 1.54) is 28.9 Å². The largest absolute Gasteiger partial charge is 0.478 e. The summed E-state index contributed by atoms with van der Waals surface area (Å²) in [6.07, 6.45) is 0. The molecule has 0 fully saturated rings. The Bertz CT molecular complexity index is 681. The van der Waals surface area contributed by atoms with Crippen LogP contribution in [0.5, 0.6) is 0 Å². The Morgan fingerprint density at radius 3 is 2.68 bits per heavy atom. The number of aromatic carboxylic acids is 1. The summed E-state index contributed by atoms with van der Waals surface area (Å²) in [5, 5.41) is 23.8. The van der Waals surface area contributed by atoms with Gasteiger partial charge in [0.05, 0.1) is 22.4 Å². The van der Waals surface area contributed by atoms with Crippen molar-refractivity contribution < 1.29 is 14.8 Å². The monoisotopic (exact) mass is 281 g/mol. The highest BCUT2D eigenvalue weighted by Crippen LogP contribution is 2.23. The van der Waals surface area contributed by atoms with Gasteiger partial charge >= 0.3 is 11.8 Å². The zero-order valence-electron chi connectivity index (χ0n) is 9.70. The predicted molar refractivity (Wildman–Crippen MR) is 66.9 cm³/mol. The lowest BCUT2D eigenvalue weighted by Crippen LogP contribution is -2.08. The number of hydrogen-bond donors (Lipinski definition) is 1. The van der Waals surface area contributed by atoms with Crippen LogP contribution in [0.25, 0.3) is 5.69 Å². The van der Waals surface area contributed by atoms with Gasteiger partial charge in [-0.3, -0.25) is 0 Å². The first-order chi connectivity index (χ1) is 8.90. The maximum atomic E-state index is 11.2. The number of halogens is 1. The molecular formula is C11H8ClN3O4. The molecule has 0 atom stereocenters. The fourth-order valence-corrected chi connectivity index (χ4v) is 1.83. The van der Waals surface area contributed by atoms with Crippen molar-refractivity contribution in [3.63, 3.8) is 0 Å². The molecule has 0 radical (unpaired) electrons. The standard InChI is InChI=1S/C11H8ClN3O4/c1-6-4-10(15(18)19)13-14(6)9-3-2-7(12)5-8(9)11(16)17/h2-5H,1H3,(H,16,17). The van der Waals surface area contributed by atoms with Crippen LogP contribution in [0.15, 0.2) is 24.3 Å². The molecule has 0 spiro atoms. The Morgan fingerprint density at radius 1 is 1.47 bits per heavy atom. The van der Waals surface area contributed by atoms with E-state index in [0.717, 1.165) is 0 Å². The quantitative estimate of drug-likeness (QED) is 0.688. The zero-order chi connectivity index (χ0) is 14.2. The van der Waals surface area contributed by atoms with Gasteiger partial charge in [0.2, 0.25) is 0 Å². The average molecular weight is 282 g/mol. The second-order valence-electron chi connectivity index (χ2n) is 3.78. The molecular weight excluding hydrogens is 274 g/mol. The molecule has 0 amide bonds. The van der Waals surface area contributed by atoms with Gasteiger partial charge in [0.1, 0.15) is 5.69 Å². The van der Waals surface area contributed by atoms with Crippen molar-refractivity contribution in [2.45, 2.75) is 6.92 Å². The lowest BCUT2D eigenvalue weighted by molar-refractivity contribution is -0.389. The van der Waals surface area contributed by atoms with Crippen molar-refractivity contribution in [2.75, 3.05) is 0 Å². The Kier molecular flexibility index (Phi) is 3.22. The van der Waals surface area contributed by atoms with Gasteiger partial charge in [-0.15, -0.1) is 4.68 Å². The summed E-state index contributed by atoms with van der Waals surface area (Å²) in [5.41, 5.74) is 0.604. The summed E-state index contributed by atoms with van der Waals surface area (Å²) in [6, 6.07) is 5.48. The molecule has 2 aromatic rings. The van der Waals surface area contributed by atoms with E-state index in [2.05, 4.69) is 5.10 Å². The smallest absolute Gasteiger partial charge is 0.390 e. The molecule has 1 aromatic carbocycles. The minimum absolute atomic E-state index is 0.0754. The van der Waals surface area contributed by atoms with Crippen LogP contribution in [0.2, 0.25) is 5.02 Å². The number of carboxylic acids is 1. The molecule has 19 heavy (non-hydrogen) atoms. The van der Waals surface area contributed by atoms with Crippen LogP contribution < -0.4 is 0 Å². The van der Waals surface area contributed by atoms with E-state index < -0.39 is 10.9 Å². The van der Waals surface area contributed by atoms with Crippen molar-refractivity contribution in [2.24, 2.45) is 0 Å². The van der Waals surface area contributed by atoms with Crippen LogP contribution in [-0.2, 0) is 0 Å². The van der Waals surface area contributed by atoms with Crippen molar-refractivity contribution in [1.82, 2.24) is 9.78 Å². The predicted octanol–water partition coefficient (Wildman–Crippen LogP) is 2.44. The number of aromatic nitrogens is 2. The van der Waals surface area contributed by atoms with Gasteiger partial charge in [0.25, 0.3) is 0 Å². The third-order valence-electron chi connectivity index (χ3n) is 2.48. The van der Waals surface area contributed by atoms with Gasteiger partial charge in [-0.1, -0.05) is 11.6 Å². The highest BCUT2D eigenvalue weighted by atomic mass is 35.5. The molecule has 0 bridgehead atoms. The minimum atomic E-state index is -1.19. The average Bonchev–Trinajstić information content (AvgIpc) is 2.71. The van der Waals surface area contributed by atoms with Crippen LogP contribution in [0.4, 0.5) is 5.82 Å². The van der Waals surface area contributed by atoms with E-state index >= 15 is 0 Å². The fraction of sp³-hybridized carbons (Fsp3) is 0.0909. The molecule has 1 N–H and O–H groups in total. The summed E-state index contributed by atoms with van der Waals surface area (Å²) < 4.78 is 1.21. The van der Waals surface area contributed by atoms with Crippen LogP contribution in [0, 0.1) is 17.0 Å². The van der Waals surface area contributed by atoms with Crippen molar-refractivity contribution in [3.05, 3.63) is 50.7 Å². The number of nitrogens with zero attached hydrogens (tertiary/aromatic N) is 3. The first-order valence-electron chi connectivity index (χ1n) is 5.14. The topological polar surface area (TPSA) is 98.3 Å². The van der Waals surface area contributed by atoms with E-state index in [0.29, 0.717) is 5.69 Å². The summed E-state index contributed by atoms with van der Waals surface area (Å²) in [4.78, 5) is 21.2. The maximum absolute atomic E-state index is 11.2. The normalized spacial score (nSPS) is 10.4. The second kappa shape index (κ2) is 4.69. The lowest BCUT2D eigenvalue weighted by atomic mass is 10.2. The highest BCUT2D eigenvalue weighted by Gasteiger charge is 2.21. The van der Waals surface area contributed by atoms with Gasteiger partial charge in [-0.2, -0.15) is 0 Å². The fourth-order valence-electron chi connectivity index (χ4n) is 1.66. The SMILES string of the molecule is Cc1cc([N+](=O)[O-])nn1-c1ccc(Cl)cc1C(=O)O. The Morgan fingerprint density at radius 2 is 2.16 bits per heavy atom. The minimum Gasteiger partial charge on any atom is -0.478 e. The number of nitro groups is 1. The zero-order valence-corrected chi connectivity index (χ0v) is 10.5. The molecule has 1 heterocycles. The molecule has 0 aliphatic rings. The number of carbonyl (C=O) groups is 1. The first-order valence-corrected chi connectivity index (χ1v) is 5.52. The van der Waals surface area contributed by atoms with E-state index in [4.69, 9.17) is 16.7 Å². The van der Waals surface area contributed by atoms with Crippen molar-refractivity contribution in [3.8, 4) is 5.69 Å². The van der Waals surface area contributed by atoms with E-state index in [9.17, 15) is 14.9 Å². The Labute approximate surface area is 112 Å². The molecule has 2 rings (SSSR count). The van der Waals surface area contributed by atoms with Crippen LogP contribution >= 0.6 is 11.6 Å². The van der Waals surface area contributed by atoms with Crippen molar-refractivity contribution in [1.29, 1.82) is 0 Å². The molecule has 0 aliphatic heterocycles. The lowest BCUT2D eigenvalue weighted by Gasteiger charge is -2.04. The number of benzene rings is 1. The molecule has 98 valence electrons. The molecule has 1 aromatic heterocycles. The number of aryl methyl sites for hydroxylation is 1. The molecule has 0 aliphatic carbocycles. The summed E-state index contributed by atoms with van der Waals surface area (Å²) in [6.45, 7) is 1.60. The van der Waals surface area contributed by atoms with Gasteiger partial charge < -0.3 is 15.2 Å². The van der Waals surface area contributed by atoms with Gasteiger partial charge in [-0.25, -0.2) is 4.79 Å². The van der Waals surface area contributed by atoms with Crippen LogP contribution in [0.1, 0.15) is 16.1 Å².